The smallest absolute Gasteiger partial charge is 0.415 e. The lowest BCUT2D eigenvalue weighted by Crippen LogP contribution is -2.65. The molecule has 152 valence electrons. The topological polar surface area (TPSA) is 29.5 Å². The van der Waals surface area contributed by atoms with E-state index >= 15 is 0 Å². The maximum Gasteiger partial charge on any atom is 0.415 e. The summed E-state index contributed by atoms with van der Waals surface area (Å²) in [6.07, 6.45) is 5.05. The summed E-state index contributed by atoms with van der Waals surface area (Å²) in [7, 11) is 0. The molecule has 29 heavy (non-hydrogen) atoms. The van der Waals surface area contributed by atoms with Crippen LogP contribution < -0.4 is 4.90 Å². The minimum Gasteiger partial charge on any atom is -0.440 e. The van der Waals surface area contributed by atoms with Crippen molar-refractivity contribution in [2.45, 2.75) is 38.3 Å². The summed E-state index contributed by atoms with van der Waals surface area (Å²) < 4.78 is 7.40. The van der Waals surface area contributed by atoms with Gasteiger partial charge in [-0.2, -0.15) is 0 Å². The van der Waals surface area contributed by atoms with Gasteiger partial charge in [0.05, 0.1) is 26.2 Å². The molecule has 1 saturated carbocycles. The van der Waals surface area contributed by atoms with Gasteiger partial charge in [0.25, 0.3) is 0 Å². The van der Waals surface area contributed by atoms with Crippen LogP contribution in [0.3, 0.4) is 0 Å². The molecule has 0 spiro atoms. The number of carbonyl (C=O) groups excluding carboxylic acids is 1. The second-order valence-electron chi connectivity index (χ2n) is 9.26. The molecule has 0 unspecified atom stereocenters. The van der Waals surface area contributed by atoms with Crippen molar-refractivity contribution in [2.24, 2.45) is 11.8 Å². The van der Waals surface area contributed by atoms with Crippen molar-refractivity contribution in [1.29, 1.82) is 0 Å². The normalized spacial score (nSPS) is 28.1. The molecule has 1 atom stereocenters. The molecule has 2 aromatic rings. The zero-order valence-corrected chi connectivity index (χ0v) is 17.1. The number of nitrogens with zero attached hydrogens (tertiary/aromatic N) is 2. The fourth-order valence-electron chi connectivity index (χ4n) is 5.29. The van der Waals surface area contributed by atoms with Crippen LogP contribution in [0.4, 0.5) is 10.5 Å². The van der Waals surface area contributed by atoms with Gasteiger partial charge in [-0.1, -0.05) is 48.5 Å². The van der Waals surface area contributed by atoms with E-state index in [-0.39, 0.29) is 12.2 Å². The van der Waals surface area contributed by atoms with Crippen LogP contribution in [-0.2, 0) is 11.3 Å². The Bertz CT molecular complexity index is 826. The molecule has 6 rings (SSSR count). The van der Waals surface area contributed by atoms with Gasteiger partial charge in [-0.05, 0) is 30.5 Å². The molecule has 3 saturated heterocycles. The van der Waals surface area contributed by atoms with Gasteiger partial charge < -0.3 is 9.22 Å². The molecule has 4 heteroatoms. The standard InChI is InChI=1S/C25H31N2O2/c28-25(26(23-9-5-2-6-10-23)17-20-7-3-1-4-8-20)29-24-19-27(18-21-11-12-21)15-13-22(24)14-16-27/h1-10,21-22,24H,11-19H2/q+1/t22?,24-,27?/m0/s1. The molecule has 0 radical (unpaired) electrons. The van der Waals surface area contributed by atoms with Crippen LogP contribution >= 0.6 is 0 Å². The zero-order chi connectivity index (χ0) is 19.7. The van der Waals surface area contributed by atoms with Crippen LogP contribution in [-0.4, -0.2) is 42.9 Å². The first kappa shape index (κ1) is 18.7. The van der Waals surface area contributed by atoms with Crippen LogP contribution in [0.1, 0.15) is 31.2 Å². The van der Waals surface area contributed by atoms with Gasteiger partial charge in [0.15, 0.2) is 6.10 Å². The van der Waals surface area contributed by atoms with Crippen molar-refractivity contribution in [2.75, 3.05) is 31.1 Å². The van der Waals surface area contributed by atoms with Crippen molar-refractivity contribution >= 4 is 11.8 Å². The van der Waals surface area contributed by atoms with Gasteiger partial charge in [0, 0.05) is 30.4 Å². The van der Waals surface area contributed by atoms with E-state index in [1.165, 1.54) is 49.8 Å². The van der Waals surface area contributed by atoms with E-state index in [9.17, 15) is 4.79 Å². The molecule has 2 bridgehead atoms. The number of fused-ring (bicyclic) bond motifs is 3. The molecule has 1 aliphatic carbocycles. The maximum absolute atomic E-state index is 13.3. The molecular formula is C25H31N2O2+. The molecule has 3 heterocycles. The summed E-state index contributed by atoms with van der Waals surface area (Å²) >= 11 is 0. The Morgan fingerprint density at radius 2 is 1.59 bits per heavy atom. The Labute approximate surface area is 173 Å². The maximum atomic E-state index is 13.3. The Balaban J connectivity index is 1.32. The Hall–Kier alpha value is -2.33. The molecule has 4 nitrogen and oxygen atoms in total. The molecule has 4 fully saturated rings. The summed E-state index contributed by atoms with van der Waals surface area (Å²) in [5.41, 5.74) is 2.00. The minimum atomic E-state index is -0.205. The number of quaternary nitrogens is 1. The van der Waals surface area contributed by atoms with Gasteiger partial charge in [-0.3, -0.25) is 4.90 Å². The number of hydrogen-bond donors (Lipinski definition) is 0. The SMILES string of the molecule is O=C(O[C@H]1C[N+]2(CC3CC3)CCC1CC2)N(Cc1ccccc1)c1ccccc1. The lowest BCUT2D eigenvalue weighted by molar-refractivity contribution is -0.947. The number of benzene rings is 2. The summed E-state index contributed by atoms with van der Waals surface area (Å²) in [6, 6.07) is 20.1. The van der Waals surface area contributed by atoms with E-state index in [0.717, 1.165) is 23.7 Å². The second-order valence-corrected chi connectivity index (χ2v) is 9.26. The summed E-state index contributed by atoms with van der Waals surface area (Å²) in [6.45, 7) is 5.40. The second kappa shape index (κ2) is 7.83. The average molecular weight is 392 g/mol. The van der Waals surface area contributed by atoms with Crippen molar-refractivity contribution in [3.8, 4) is 0 Å². The van der Waals surface area contributed by atoms with Gasteiger partial charge in [-0.25, -0.2) is 4.79 Å². The number of anilines is 1. The first-order valence-corrected chi connectivity index (χ1v) is 11.1. The van der Waals surface area contributed by atoms with Crippen molar-refractivity contribution in [3.05, 3.63) is 66.2 Å². The number of ether oxygens (including phenoxy) is 1. The predicted molar refractivity (Wildman–Crippen MR) is 115 cm³/mol. The zero-order valence-electron chi connectivity index (χ0n) is 17.1. The molecule has 4 aliphatic rings. The monoisotopic (exact) mass is 391 g/mol. The van der Waals surface area contributed by atoms with Gasteiger partial charge in [0.1, 0.15) is 6.54 Å². The van der Waals surface area contributed by atoms with Gasteiger partial charge >= 0.3 is 6.09 Å². The lowest BCUT2D eigenvalue weighted by Gasteiger charge is -2.52. The highest BCUT2D eigenvalue weighted by Gasteiger charge is 2.49. The molecule has 0 N–H and O–H groups in total. The molecular weight excluding hydrogens is 360 g/mol. The molecule has 3 aliphatic heterocycles. The number of rotatable bonds is 6. The van der Waals surface area contributed by atoms with E-state index in [4.69, 9.17) is 4.74 Å². The van der Waals surface area contributed by atoms with Gasteiger partial charge in [0.2, 0.25) is 0 Å². The predicted octanol–water partition coefficient (Wildman–Crippen LogP) is 4.85. The van der Waals surface area contributed by atoms with Crippen LogP contribution in [0, 0.1) is 11.8 Å². The van der Waals surface area contributed by atoms with Crippen LogP contribution in [0.5, 0.6) is 0 Å². The van der Waals surface area contributed by atoms with Crippen LogP contribution in [0.15, 0.2) is 60.7 Å². The van der Waals surface area contributed by atoms with Crippen molar-refractivity contribution in [1.82, 2.24) is 0 Å². The fourth-order valence-corrected chi connectivity index (χ4v) is 5.29. The first-order valence-electron chi connectivity index (χ1n) is 11.1. The van der Waals surface area contributed by atoms with E-state index < -0.39 is 0 Å². The van der Waals surface area contributed by atoms with Crippen LogP contribution in [0.25, 0.3) is 0 Å². The third-order valence-corrected chi connectivity index (χ3v) is 7.11. The largest absolute Gasteiger partial charge is 0.440 e. The van der Waals surface area contributed by atoms with Gasteiger partial charge in [-0.15, -0.1) is 0 Å². The van der Waals surface area contributed by atoms with Crippen molar-refractivity contribution < 1.29 is 14.0 Å². The number of hydrogen-bond acceptors (Lipinski definition) is 2. The first-order chi connectivity index (χ1) is 14.2. The quantitative estimate of drug-likeness (QED) is 0.659. The highest BCUT2D eigenvalue weighted by Crippen LogP contribution is 2.40. The average Bonchev–Trinajstić information content (AvgIpc) is 3.57. The molecule has 2 aromatic carbocycles. The summed E-state index contributed by atoms with van der Waals surface area (Å²) in [5, 5.41) is 0. The Morgan fingerprint density at radius 3 is 2.24 bits per heavy atom. The molecule has 0 aromatic heterocycles. The van der Waals surface area contributed by atoms with E-state index in [1.54, 1.807) is 4.90 Å². The van der Waals surface area contributed by atoms with E-state index in [0.29, 0.717) is 12.5 Å². The highest BCUT2D eigenvalue weighted by atomic mass is 16.6. The fraction of sp³-hybridized carbons (Fsp3) is 0.480. The summed E-state index contributed by atoms with van der Waals surface area (Å²) in [4.78, 5) is 15.1. The Kier molecular flexibility index (Phi) is 5.04. The minimum absolute atomic E-state index is 0.0609. The Morgan fingerprint density at radius 1 is 0.931 bits per heavy atom. The number of carbonyl (C=O) groups is 1. The van der Waals surface area contributed by atoms with Crippen LogP contribution in [0.2, 0.25) is 0 Å². The highest BCUT2D eigenvalue weighted by molar-refractivity contribution is 5.87. The summed E-state index contributed by atoms with van der Waals surface area (Å²) in [5.74, 6) is 1.45. The number of para-hydroxylation sites is 1. The lowest BCUT2D eigenvalue weighted by atomic mass is 9.83. The van der Waals surface area contributed by atoms with Crippen molar-refractivity contribution in [3.63, 3.8) is 0 Å². The number of amides is 1. The van der Waals surface area contributed by atoms with E-state index in [1.807, 2.05) is 48.5 Å². The van der Waals surface area contributed by atoms with E-state index in [2.05, 4.69) is 12.1 Å². The third-order valence-electron chi connectivity index (χ3n) is 7.11. The third kappa shape index (κ3) is 4.18. The molecule has 1 amide bonds. The number of piperidine rings is 3.